The molecule has 1 amide bonds. The molecule has 0 aliphatic heterocycles. The first-order valence-corrected chi connectivity index (χ1v) is 6.07. The van der Waals surface area contributed by atoms with E-state index in [4.69, 9.17) is 4.74 Å². The van der Waals surface area contributed by atoms with Crippen LogP contribution in [0.2, 0.25) is 0 Å². The fraction of sp³-hybridized carbons (Fsp3) is 0.333. The molecule has 0 aromatic carbocycles. The maximum atomic E-state index is 11.9. The van der Waals surface area contributed by atoms with Crippen molar-refractivity contribution in [3.05, 3.63) is 30.2 Å². The number of aromatic nitrogens is 4. The zero-order chi connectivity index (χ0) is 14.4. The number of nitrogens with zero attached hydrogens (tertiary/aromatic N) is 4. The van der Waals surface area contributed by atoms with Crippen LogP contribution in [-0.2, 0) is 11.3 Å². The SMILES string of the molecule is CNc1ccc(C(=O)Nc2cnn(CCOC)c2)nn1. The second-order valence-corrected chi connectivity index (χ2v) is 3.99. The fourth-order valence-electron chi connectivity index (χ4n) is 1.52. The first kappa shape index (κ1) is 13.9. The Morgan fingerprint density at radius 2 is 2.25 bits per heavy atom. The standard InChI is InChI=1S/C12H16N6O2/c1-13-11-4-3-10(16-17-11)12(19)15-9-7-14-18(8-9)5-6-20-2/h3-4,7-8H,5-6H2,1-2H3,(H,13,17)(H,15,19). The van der Waals surface area contributed by atoms with Gasteiger partial charge in [-0.25, -0.2) is 0 Å². The number of hydrogen-bond acceptors (Lipinski definition) is 6. The van der Waals surface area contributed by atoms with Crippen LogP contribution in [0.5, 0.6) is 0 Å². The Labute approximate surface area is 116 Å². The van der Waals surface area contributed by atoms with Crippen LogP contribution in [0.25, 0.3) is 0 Å². The second-order valence-electron chi connectivity index (χ2n) is 3.99. The van der Waals surface area contributed by atoms with Gasteiger partial charge in [0.1, 0.15) is 5.82 Å². The quantitative estimate of drug-likeness (QED) is 0.803. The molecule has 2 rings (SSSR count). The highest BCUT2D eigenvalue weighted by Crippen LogP contribution is 2.08. The largest absolute Gasteiger partial charge is 0.383 e. The van der Waals surface area contributed by atoms with Crippen LogP contribution in [0.3, 0.4) is 0 Å². The summed E-state index contributed by atoms with van der Waals surface area (Å²) >= 11 is 0. The predicted octanol–water partition coefficient (Wildman–Crippen LogP) is 0.613. The first-order valence-electron chi connectivity index (χ1n) is 6.07. The number of methoxy groups -OCH3 is 1. The second kappa shape index (κ2) is 6.62. The first-order chi connectivity index (χ1) is 9.72. The van der Waals surface area contributed by atoms with Gasteiger partial charge in [0.05, 0.1) is 25.0 Å². The van der Waals surface area contributed by atoms with E-state index in [1.807, 2.05) is 0 Å². The van der Waals surface area contributed by atoms with Gasteiger partial charge in [-0.15, -0.1) is 10.2 Å². The molecule has 2 aromatic heterocycles. The maximum absolute atomic E-state index is 11.9. The average Bonchev–Trinajstić information content (AvgIpc) is 2.92. The summed E-state index contributed by atoms with van der Waals surface area (Å²) in [6.45, 7) is 1.19. The fourth-order valence-corrected chi connectivity index (χ4v) is 1.52. The van der Waals surface area contributed by atoms with Crippen LogP contribution < -0.4 is 10.6 Å². The Bertz CT molecular complexity index is 566. The number of ether oxygens (including phenoxy) is 1. The number of amides is 1. The minimum Gasteiger partial charge on any atom is -0.383 e. The van der Waals surface area contributed by atoms with E-state index in [0.717, 1.165) is 0 Å². The van der Waals surface area contributed by atoms with Gasteiger partial charge in [-0.05, 0) is 12.1 Å². The monoisotopic (exact) mass is 276 g/mol. The lowest BCUT2D eigenvalue weighted by Crippen LogP contribution is -2.14. The molecule has 0 saturated heterocycles. The molecule has 0 unspecified atom stereocenters. The summed E-state index contributed by atoms with van der Waals surface area (Å²) in [7, 11) is 3.36. The number of nitrogens with one attached hydrogen (secondary N) is 2. The van der Waals surface area contributed by atoms with Crippen molar-refractivity contribution in [1.82, 2.24) is 20.0 Å². The zero-order valence-electron chi connectivity index (χ0n) is 11.3. The number of carbonyl (C=O) groups is 1. The molecule has 8 heteroatoms. The molecule has 2 heterocycles. The van der Waals surface area contributed by atoms with Crippen molar-refractivity contribution < 1.29 is 9.53 Å². The summed E-state index contributed by atoms with van der Waals surface area (Å²) < 4.78 is 6.64. The topological polar surface area (TPSA) is 94.0 Å². The van der Waals surface area contributed by atoms with E-state index in [2.05, 4.69) is 25.9 Å². The smallest absolute Gasteiger partial charge is 0.276 e. The van der Waals surface area contributed by atoms with E-state index in [-0.39, 0.29) is 11.6 Å². The van der Waals surface area contributed by atoms with Crippen LogP contribution in [0.4, 0.5) is 11.5 Å². The highest BCUT2D eigenvalue weighted by molar-refractivity contribution is 6.02. The third kappa shape index (κ3) is 3.51. The predicted molar refractivity (Wildman–Crippen MR) is 73.6 cm³/mol. The summed E-state index contributed by atoms with van der Waals surface area (Å²) in [5.41, 5.74) is 0.847. The van der Waals surface area contributed by atoms with E-state index in [1.54, 1.807) is 43.4 Å². The molecule has 0 atom stereocenters. The molecule has 0 bridgehead atoms. The Hall–Kier alpha value is -2.48. The van der Waals surface area contributed by atoms with Gasteiger partial charge in [0.25, 0.3) is 5.91 Å². The molecule has 2 N–H and O–H groups in total. The number of hydrogen-bond donors (Lipinski definition) is 2. The van der Waals surface area contributed by atoms with Gasteiger partial charge in [0, 0.05) is 20.4 Å². The van der Waals surface area contributed by atoms with E-state index in [9.17, 15) is 4.79 Å². The third-order valence-electron chi connectivity index (χ3n) is 2.57. The van der Waals surface area contributed by atoms with Gasteiger partial charge in [0.2, 0.25) is 0 Å². The van der Waals surface area contributed by atoms with Crippen LogP contribution >= 0.6 is 0 Å². The number of rotatable bonds is 6. The molecule has 106 valence electrons. The molecule has 0 aliphatic carbocycles. The van der Waals surface area contributed by atoms with E-state index < -0.39 is 0 Å². The highest BCUT2D eigenvalue weighted by atomic mass is 16.5. The van der Waals surface area contributed by atoms with Crippen LogP contribution in [0, 0.1) is 0 Å². The Morgan fingerprint density at radius 3 is 2.90 bits per heavy atom. The van der Waals surface area contributed by atoms with Crippen LogP contribution in [0.1, 0.15) is 10.5 Å². The lowest BCUT2D eigenvalue weighted by molar-refractivity contribution is 0.102. The van der Waals surface area contributed by atoms with Crippen molar-refractivity contribution in [1.29, 1.82) is 0 Å². The van der Waals surface area contributed by atoms with Crippen molar-refractivity contribution in [2.75, 3.05) is 31.4 Å². The molecule has 20 heavy (non-hydrogen) atoms. The molecular weight excluding hydrogens is 260 g/mol. The summed E-state index contributed by atoms with van der Waals surface area (Å²) in [5, 5.41) is 17.3. The van der Waals surface area contributed by atoms with Gasteiger partial charge in [0.15, 0.2) is 5.69 Å². The van der Waals surface area contributed by atoms with E-state index >= 15 is 0 Å². The number of carbonyl (C=O) groups excluding carboxylic acids is 1. The highest BCUT2D eigenvalue weighted by Gasteiger charge is 2.09. The Morgan fingerprint density at radius 1 is 1.40 bits per heavy atom. The van der Waals surface area contributed by atoms with Crippen molar-refractivity contribution >= 4 is 17.4 Å². The summed E-state index contributed by atoms with van der Waals surface area (Å²) in [6, 6.07) is 3.29. The zero-order valence-corrected chi connectivity index (χ0v) is 11.3. The van der Waals surface area contributed by atoms with Crippen molar-refractivity contribution in [3.63, 3.8) is 0 Å². The van der Waals surface area contributed by atoms with Gasteiger partial charge in [-0.2, -0.15) is 5.10 Å². The Balaban J connectivity index is 1.97. The molecule has 0 fully saturated rings. The normalized spacial score (nSPS) is 10.3. The van der Waals surface area contributed by atoms with Gasteiger partial charge >= 0.3 is 0 Å². The molecule has 0 spiro atoms. The van der Waals surface area contributed by atoms with Crippen molar-refractivity contribution in [2.24, 2.45) is 0 Å². The molecule has 8 nitrogen and oxygen atoms in total. The van der Waals surface area contributed by atoms with Crippen LogP contribution in [0.15, 0.2) is 24.5 Å². The average molecular weight is 276 g/mol. The summed E-state index contributed by atoms with van der Waals surface area (Å²) in [4.78, 5) is 11.9. The molecule has 2 aromatic rings. The molecular formula is C12H16N6O2. The summed E-state index contributed by atoms with van der Waals surface area (Å²) in [6.07, 6.45) is 3.30. The molecule has 0 radical (unpaired) electrons. The minimum atomic E-state index is -0.327. The Kier molecular flexibility index (Phi) is 4.61. The lowest BCUT2D eigenvalue weighted by Gasteiger charge is -2.02. The van der Waals surface area contributed by atoms with Crippen molar-refractivity contribution in [3.8, 4) is 0 Å². The van der Waals surface area contributed by atoms with Gasteiger partial charge < -0.3 is 15.4 Å². The summed E-state index contributed by atoms with van der Waals surface area (Å²) in [5.74, 6) is 0.278. The van der Waals surface area contributed by atoms with Crippen molar-refractivity contribution in [2.45, 2.75) is 6.54 Å². The lowest BCUT2D eigenvalue weighted by atomic mass is 10.3. The minimum absolute atomic E-state index is 0.244. The molecule has 0 saturated carbocycles. The van der Waals surface area contributed by atoms with Gasteiger partial charge in [-0.1, -0.05) is 0 Å². The molecule has 0 aliphatic rings. The van der Waals surface area contributed by atoms with E-state index in [0.29, 0.717) is 24.7 Å². The van der Waals surface area contributed by atoms with Gasteiger partial charge in [-0.3, -0.25) is 9.48 Å². The van der Waals surface area contributed by atoms with Crippen LogP contribution in [-0.4, -0.2) is 46.6 Å². The number of anilines is 2. The van der Waals surface area contributed by atoms with E-state index in [1.165, 1.54) is 0 Å². The third-order valence-corrected chi connectivity index (χ3v) is 2.57. The maximum Gasteiger partial charge on any atom is 0.276 e.